The highest BCUT2D eigenvalue weighted by Crippen LogP contribution is 2.48. The van der Waals surface area contributed by atoms with Gasteiger partial charge in [0.25, 0.3) is 0 Å². The van der Waals surface area contributed by atoms with E-state index < -0.39 is 11.4 Å². The lowest BCUT2D eigenvalue weighted by molar-refractivity contribution is 0.0553. The summed E-state index contributed by atoms with van der Waals surface area (Å²) in [5.41, 5.74) is 1.46. The van der Waals surface area contributed by atoms with Crippen LogP contribution >= 0.6 is 0 Å². The fourth-order valence-corrected chi connectivity index (χ4v) is 5.22. The van der Waals surface area contributed by atoms with Gasteiger partial charge in [0.2, 0.25) is 0 Å². The summed E-state index contributed by atoms with van der Waals surface area (Å²) in [6.45, 7) is 6.61. The Morgan fingerprint density at radius 3 is 2.66 bits per heavy atom. The zero-order valence-corrected chi connectivity index (χ0v) is 20.1. The molecule has 1 saturated heterocycles. The number of hydrogen-bond acceptors (Lipinski definition) is 4. The van der Waals surface area contributed by atoms with E-state index in [0.717, 1.165) is 11.3 Å². The summed E-state index contributed by atoms with van der Waals surface area (Å²) in [6.07, 6.45) is 2.33. The summed E-state index contributed by atoms with van der Waals surface area (Å²) >= 11 is 0. The molecule has 0 radical (unpaired) electrons. The van der Waals surface area contributed by atoms with Crippen molar-refractivity contribution in [2.75, 3.05) is 11.4 Å². The van der Waals surface area contributed by atoms with Gasteiger partial charge in [-0.05, 0) is 49.4 Å². The van der Waals surface area contributed by atoms with Crippen LogP contribution in [-0.2, 0) is 16.9 Å². The molecule has 3 heterocycles. The third-order valence-corrected chi connectivity index (χ3v) is 7.00. The highest BCUT2D eigenvalue weighted by atomic mass is 19.1. The van der Waals surface area contributed by atoms with Crippen LogP contribution in [0.25, 0.3) is 0 Å². The van der Waals surface area contributed by atoms with Gasteiger partial charge in [-0.25, -0.2) is 19.0 Å². The fourth-order valence-electron chi connectivity index (χ4n) is 5.22. The van der Waals surface area contributed by atoms with E-state index in [4.69, 9.17) is 9.72 Å². The summed E-state index contributed by atoms with van der Waals surface area (Å²) in [6, 6.07) is 15.2. The van der Waals surface area contributed by atoms with E-state index in [0.29, 0.717) is 30.9 Å². The van der Waals surface area contributed by atoms with Gasteiger partial charge in [0.05, 0.1) is 5.69 Å². The molecule has 2 aliphatic rings. The molecule has 0 N–H and O–H groups in total. The minimum Gasteiger partial charge on any atom is -0.445 e. The first kappa shape index (κ1) is 23.1. The number of rotatable bonds is 4. The Kier molecular flexibility index (Phi) is 5.83. The first-order chi connectivity index (χ1) is 16.8. The van der Waals surface area contributed by atoms with E-state index in [1.165, 1.54) is 12.1 Å². The summed E-state index contributed by atoms with van der Waals surface area (Å²) < 4.78 is 21.3. The summed E-state index contributed by atoms with van der Waals surface area (Å²) in [7, 11) is 0. The number of carbonyl (C=O) groups is 2. The molecule has 5 rings (SSSR count). The van der Waals surface area contributed by atoms with Crippen molar-refractivity contribution >= 4 is 17.8 Å². The zero-order chi connectivity index (χ0) is 24.7. The Morgan fingerprint density at radius 1 is 1.20 bits per heavy atom. The van der Waals surface area contributed by atoms with E-state index in [1.807, 2.05) is 51.1 Å². The largest absolute Gasteiger partial charge is 0.445 e. The van der Waals surface area contributed by atoms with Gasteiger partial charge in [-0.15, -0.1) is 0 Å². The minimum absolute atomic E-state index is 0.158. The molecule has 182 valence electrons. The Hall–Kier alpha value is -3.68. The lowest BCUT2D eigenvalue weighted by atomic mass is 9.82. The number of imidazole rings is 1. The number of benzene rings is 2. The van der Waals surface area contributed by atoms with Crippen molar-refractivity contribution in [3.05, 3.63) is 83.7 Å². The number of ether oxygens (including phenoxy) is 1. The highest BCUT2D eigenvalue weighted by Gasteiger charge is 2.56. The first-order valence-electron chi connectivity index (χ1n) is 12.0. The quantitative estimate of drug-likeness (QED) is 0.488. The van der Waals surface area contributed by atoms with Gasteiger partial charge in [-0.3, -0.25) is 9.47 Å². The second kappa shape index (κ2) is 8.83. The van der Waals surface area contributed by atoms with Crippen LogP contribution < -0.4 is 4.90 Å². The number of carbonyl (C=O) groups excluding carboxylic acids is 2. The summed E-state index contributed by atoms with van der Waals surface area (Å²) in [5.74, 6) is 0.401. The van der Waals surface area contributed by atoms with Crippen molar-refractivity contribution in [2.24, 2.45) is 0 Å². The predicted octanol–water partition coefficient (Wildman–Crippen LogP) is 5.65. The third kappa shape index (κ3) is 3.96. The number of piperidine rings is 1. The van der Waals surface area contributed by atoms with E-state index in [9.17, 15) is 14.0 Å². The number of hydrogen-bond donors (Lipinski definition) is 0. The van der Waals surface area contributed by atoms with Crippen LogP contribution in [0.15, 0.2) is 60.8 Å². The maximum Gasteiger partial charge on any atom is 0.410 e. The van der Waals surface area contributed by atoms with Gasteiger partial charge < -0.3 is 9.64 Å². The molecule has 2 unspecified atom stereocenters. The van der Waals surface area contributed by atoms with Crippen LogP contribution in [0.1, 0.15) is 56.6 Å². The number of likely N-dealkylation sites (tertiary alicyclic amines) is 1. The SMILES string of the molecule is CC(C)c1cn2c(n1)C1(CCN(C(=O)OCc3ccccc3)C(C)C1)N(c1cccc(F)c1)C2=O. The molecule has 1 spiro atoms. The van der Waals surface area contributed by atoms with Crippen LogP contribution in [-0.4, -0.2) is 39.2 Å². The van der Waals surface area contributed by atoms with Crippen molar-refractivity contribution in [3.63, 3.8) is 0 Å². The first-order valence-corrected chi connectivity index (χ1v) is 12.0. The van der Waals surface area contributed by atoms with Crippen molar-refractivity contribution in [3.8, 4) is 0 Å². The number of amides is 2. The zero-order valence-electron chi connectivity index (χ0n) is 20.1. The highest BCUT2D eigenvalue weighted by molar-refractivity contribution is 5.99. The number of halogens is 1. The molecule has 8 heteroatoms. The molecule has 0 bridgehead atoms. The predicted molar refractivity (Wildman–Crippen MR) is 130 cm³/mol. The third-order valence-electron chi connectivity index (χ3n) is 7.00. The molecular weight excluding hydrogens is 447 g/mol. The van der Waals surface area contributed by atoms with E-state index >= 15 is 0 Å². The van der Waals surface area contributed by atoms with E-state index in [2.05, 4.69) is 0 Å². The molecule has 0 aliphatic carbocycles. The Labute approximate surface area is 204 Å². The van der Waals surface area contributed by atoms with E-state index in [-0.39, 0.29) is 30.7 Å². The number of aromatic nitrogens is 2. The van der Waals surface area contributed by atoms with Crippen LogP contribution in [0.2, 0.25) is 0 Å². The maximum absolute atomic E-state index is 14.2. The molecule has 1 aromatic heterocycles. The minimum atomic E-state index is -0.784. The molecular formula is C27H29FN4O3. The lowest BCUT2D eigenvalue weighted by Crippen LogP contribution is -2.56. The molecule has 2 amide bonds. The molecule has 2 aliphatic heterocycles. The topological polar surface area (TPSA) is 67.7 Å². The van der Waals surface area contributed by atoms with E-state index in [1.54, 1.807) is 32.7 Å². The second-order valence-corrected chi connectivity index (χ2v) is 9.68. The Balaban J connectivity index is 1.45. The van der Waals surface area contributed by atoms with Crippen LogP contribution in [0, 0.1) is 5.82 Å². The molecule has 35 heavy (non-hydrogen) atoms. The number of fused-ring (bicyclic) bond motifs is 2. The average molecular weight is 477 g/mol. The molecule has 0 saturated carbocycles. The molecule has 2 atom stereocenters. The van der Waals surface area contributed by atoms with Crippen LogP contribution in [0.3, 0.4) is 0 Å². The Bertz CT molecular complexity index is 1260. The van der Waals surface area contributed by atoms with Gasteiger partial charge >= 0.3 is 12.1 Å². The standard InChI is InChI=1S/C27H29FN4O3/c1-18(2)23-16-31-24(29-23)27(32(25(31)33)22-11-7-10-21(28)14-22)12-13-30(19(3)15-27)26(34)35-17-20-8-5-4-6-9-20/h4-11,14,16,18-19H,12-13,15,17H2,1-3H3. The Morgan fingerprint density at radius 2 is 1.97 bits per heavy atom. The second-order valence-electron chi connectivity index (χ2n) is 9.68. The van der Waals surface area contributed by atoms with Crippen LogP contribution in [0.5, 0.6) is 0 Å². The number of anilines is 1. The number of nitrogens with zero attached hydrogens (tertiary/aromatic N) is 4. The fraction of sp³-hybridized carbons (Fsp3) is 0.370. The maximum atomic E-state index is 14.2. The summed E-state index contributed by atoms with van der Waals surface area (Å²) in [4.78, 5) is 34.8. The molecule has 1 fully saturated rings. The van der Waals surface area contributed by atoms with Crippen molar-refractivity contribution in [1.82, 2.24) is 14.5 Å². The lowest BCUT2D eigenvalue weighted by Gasteiger charge is -2.46. The van der Waals surface area contributed by atoms with Crippen LogP contribution in [0.4, 0.5) is 19.7 Å². The molecule has 3 aromatic rings. The van der Waals surface area contributed by atoms with Crippen molar-refractivity contribution < 1.29 is 18.7 Å². The molecule has 2 aromatic carbocycles. The van der Waals surface area contributed by atoms with Crippen molar-refractivity contribution in [1.29, 1.82) is 0 Å². The summed E-state index contributed by atoms with van der Waals surface area (Å²) in [5, 5.41) is 0. The monoisotopic (exact) mass is 476 g/mol. The normalized spacial score (nSPS) is 21.6. The van der Waals surface area contributed by atoms with Gasteiger partial charge in [-0.1, -0.05) is 50.2 Å². The van der Waals surface area contributed by atoms with Gasteiger partial charge in [0, 0.05) is 24.5 Å². The van der Waals surface area contributed by atoms with Crippen molar-refractivity contribution in [2.45, 2.75) is 57.7 Å². The smallest absolute Gasteiger partial charge is 0.410 e. The van der Waals surface area contributed by atoms with Gasteiger partial charge in [-0.2, -0.15) is 0 Å². The van der Waals surface area contributed by atoms with Gasteiger partial charge in [0.1, 0.15) is 23.8 Å². The van der Waals surface area contributed by atoms with Gasteiger partial charge in [0.15, 0.2) is 0 Å². The molecule has 7 nitrogen and oxygen atoms in total. The average Bonchev–Trinajstić information content (AvgIpc) is 3.37.